The van der Waals surface area contributed by atoms with Crippen LogP contribution in [0, 0.1) is 6.92 Å². The average molecular weight is 295 g/mol. The second-order valence-electron chi connectivity index (χ2n) is 5.10. The number of nitrogens with one attached hydrogen (secondary N) is 1. The largest absolute Gasteiger partial charge is 0.491 e. The van der Waals surface area contributed by atoms with Crippen LogP contribution < -0.4 is 15.2 Å². The maximum absolute atomic E-state index is 11.9. The van der Waals surface area contributed by atoms with E-state index in [1.165, 1.54) is 7.11 Å². The Kier molecular flexibility index (Phi) is 3.55. The zero-order chi connectivity index (χ0) is 15.7. The van der Waals surface area contributed by atoms with Gasteiger partial charge in [-0.15, -0.1) is 0 Å². The minimum absolute atomic E-state index is 0.248. The zero-order valence-electron chi connectivity index (χ0n) is 12.8. The van der Waals surface area contributed by atoms with Crippen LogP contribution in [0.1, 0.15) is 5.69 Å². The highest BCUT2D eigenvalue weighted by atomic mass is 16.5. The Labute approximate surface area is 128 Å². The monoisotopic (exact) mass is 295 g/mol. The smallest absolute Gasteiger partial charge is 0.291 e. The third-order valence-electron chi connectivity index (χ3n) is 3.62. The van der Waals surface area contributed by atoms with E-state index in [9.17, 15) is 4.79 Å². The highest BCUT2D eigenvalue weighted by Gasteiger charge is 2.11. The molecule has 0 aliphatic rings. The average Bonchev–Trinajstić information content (AvgIpc) is 2.53. The molecule has 0 radical (unpaired) electrons. The lowest BCUT2D eigenvalue weighted by molar-refractivity contribution is 0.408. The van der Waals surface area contributed by atoms with Crippen LogP contribution in [0.2, 0.25) is 0 Å². The predicted octanol–water partition coefficient (Wildman–Crippen LogP) is 3.01. The van der Waals surface area contributed by atoms with E-state index in [0.717, 1.165) is 22.3 Å². The van der Waals surface area contributed by atoms with Crippen LogP contribution in [-0.4, -0.2) is 24.1 Å². The molecule has 2 aromatic heterocycles. The summed E-state index contributed by atoms with van der Waals surface area (Å²) >= 11 is 0. The summed E-state index contributed by atoms with van der Waals surface area (Å²) in [6, 6.07) is 13.4. The number of aryl methyl sites for hydroxylation is 1. The van der Waals surface area contributed by atoms with Gasteiger partial charge in [-0.2, -0.15) is 0 Å². The Balaban J connectivity index is 2.14. The van der Waals surface area contributed by atoms with Crippen molar-refractivity contribution in [1.29, 1.82) is 0 Å². The lowest BCUT2D eigenvalue weighted by Crippen LogP contribution is -2.17. The predicted molar refractivity (Wildman–Crippen MR) is 88.2 cm³/mol. The van der Waals surface area contributed by atoms with Crippen LogP contribution in [0.15, 0.2) is 47.3 Å². The molecule has 5 nitrogen and oxygen atoms in total. The number of rotatable bonds is 3. The number of H-pyrrole nitrogens is 1. The summed E-state index contributed by atoms with van der Waals surface area (Å²) < 4.78 is 5.00. The maximum atomic E-state index is 11.9. The first-order valence-electron chi connectivity index (χ1n) is 6.97. The highest BCUT2D eigenvalue weighted by Crippen LogP contribution is 2.29. The number of para-hydroxylation sites is 1. The van der Waals surface area contributed by atoms with Gasteiger partial charge >= 0.3 is 0 Å². The molecule has 2 heterocycles. The van der Waals surface area contributed by atoms with Crippen molar-refractivity contribution < 1.29 is 4.74 Å². The van der Waals surface area contributed by atoms with Crippen LogP contribution in [0.25, 0.3) is 10.9 Å². The molecule has 3 rings (SSSR count). The van der Waals surface area contributed by atoms with Gasteiger partial charge in [0.15, 0.2) is 5.75 Å². The molecule has 0 unspecified atom stereocenters. The summed E-state index contributed by atoms with van der Waals surface area (Å²) in [7, 11) is 3.40. The number of hydrogen-bond acceptors (Lipinski definition) is 4. The van der Waals surface area contributed by atoms with Crippen LogP contribution in [0.4, 0.5) is 11.5 Å². The van der Waals surface area contributed by atoms with Gasteiger partial charge in [-0.05, 0) is 31.2 Å². The Morgan fingerprint density at radius 2 is 1.95 bits per heavy atom. The van der Waals surface area contributed by atoms with E-state index in [1.807, 2.05) is 55.3 Å². The van der Waals surface area contributed by atoms with Crippen molar-refractivity contribution in [3.8, 4) is 5.75 Å². The molecular formula is C17H17N3O2. The van der Waals surface area contributed by atoms with Crippen molar-refractivity contribution in [2.75, 3.05) is 19.1 Å². The van der Waals surface area contributed by atoms with E-state index in [0.29, 0.717) is 11.6 Å². The summed E-state index contributed by atoms with van der Waals surface area (Å²) in [5.41, 5.74) is 2.60. The number of aromatic amines is 1. The molecule has 1 aromatic carbocycles. The van der Waals surface area contributed by atoms with E-state index in [2.05, 4.69) is 9.97 Å². The lowest BCUT2D eigenvalue weighted by Gasteiger charge is -2.21. The van der Waals surface area contributed by atoms with Crippen LogP contribution >= 0.6 is 0 Å². The number of benzene rings is 1. The number of anilines is 2. The van der Waals surface area contributed by atoms with Gasteiger partial charge in [-0.3, -0.25) is 9.78 Å². The van der Waals surface area contributed by atoms with Gasteiger partial charge in [0.2, 0.25) is 0 Å². The number of pyridine rings is 2. The van der Waals surface area contributed by atoms with Crippen molar-refractivity contribution in [2.24, 2.45) is 0 Å². The van der Waals surface area contributed by atoms with E-state index in [-0.39, 0.29) is 5.56 Å². The lowest BCUT2D eigenvalue weighted by atomic mass is 10.1. The van der Waals surface area contributed by atoms with Gasteiger partial charge in [0.1, 0.15) is 5.82 Å². The molecule has 22 heavy (non-hydrogen) atoms. The van der Waals surface area contributed by atoms with Crippen LogP contribution in [0.5, 0.6) is 5.75 Å². The SMILES string of the molecule is COc1ccc(N(C)c2cc(C)nc3ccccc23)[nH]c1=O. The molecule has 0 spiro atoms. The first-order chi connectivity index (χ1) is 10.6. The second kappa shape index (κ2) is 5.52. The van der Waals surface area contributed by atoms with Crippen molar-refractivity contribution >= 4 is 22.4 Å². The Morgan fingerprint density at radius 3 is 2.68 bits per heavy atom. The quantitative estimate of drug-likeness (QED) is 0.807. The highest BCUT2D eigenvalue weighted by molar-refractivity contribution is 5.93. The minimum Gasteiger partial charge on any atom is -0.491 e. The standard InChI is InChI=1S/C17H17N3O2/c1-11-10-14(12-6-4-5-7-13(12)18-11)20(2)16-9-8-15(22-3)17(21)19-16/h4-10H,1-3H3,(H,19,21). The van der Waals surface area contributed by atoms with Crippen LogP contribution in [0.3, 0.4) is 0 Å². The number of methoxy groups -OCH3 is 1. The van der Waals surface area contributed by atoms with Gasteiger partial charge in [-0.1, -0.05) is 18.2 Å². The fraction of sp³-hybridized carbons (Fsp3) is 0.176. The Hall–Kier alpha value is -2.82. The van der Waals surface area contributed by atoms with Gasteiger partial charge in [0.05, 0.1) is 18.3 Å². The van der Waals surface area contributed by atoms with Crippen molar-refractivity contribution in [2.45, 2.75) is 6.92 Å². The molecular weight excluding hydrogens is 278 g/mol. The zero-order valence-corrected chi connectivity index (χ0v) is 12.8. The molecule has 0 saturated carbocycles. The number of fused-ring (bicyclic) bond motifs is 1. The summed E-state index contributed by atoms with van der Waals surface area (Å²) in [6.45, 7) is 1.96. The molecule has 0 bridgehead atoms. The topological polar surface area (TPSA) is 58.2 Å². The minimum atomic E-state index is -0.248. The number of hydrogen-bond donors (Lipinski definition) is 1. The number of aromatic nitrogens is 2. The van der Waals surface area contributed by atoms with Crippen molar-refractivity contribution in [1.82, 2.24) is 9.97 Å². The molecule has 1 N–H and O–H groups in total. The Morgan fingerprint density at radius 1 is 1.18 bits per heavy atom. The van der Waals surface area contributed by atoms with Crippen molar-refractivity contribution in [3.05, 3.63) is 58.5 Å². The summed E-state index contributed by atoms with van der Waals surface area (Å²) in [5.74, 6) is 0.995. The molecule has 0 aliphatic carbocycles. The molecule has 0 saturated heterocycles. The van der Waals surface area contributed by atoms with Gasteiger partial charge in [0.25, 0.3) is 5.56 Å². The van der Waals surface area contributed by atoms with E-state index in [4.69, 9.17) is 4.74 Å². The molecule has 0 atom stereocenters. The Bertz CT molecular complexity index is 886. The molecule has 3 aromatic rings. The van der Waals surface area contributed by atoms with Gasteiger partial charge in [-0.25, -0.2) is 0 Å². The first-order valence-corrected chi connectivity index (χ1v) is 6.97. The van der Waals surface area contributed by atoms with E-state index in [1.54, 1.807) is 6.07 Å². The van der Waals surface area contributed by atoms with Gasteiger partial charge in [0, 0.05) is 18.1 Å². The molecule has 112 valence electrons. The summed E-state index contributed by atoms with van der Waals surface area (Å²) in [6.07, 6.45) is 0. The maximum Gasteiger partial charge on any atom is 0.291 e. The number of nitrogens with zero attached hydrogens (tertiary/aromatic N) is 2. The number of ether oxygens (including phenoxy) is 1. The molecule has 5 heteroatoms. The summed E-state index contributed by atoms with van der Waals surface area (Å²) in [5, 5.41) is 1.03. The molecule has 0 amide bonds. The molecule has 0 aliphatic heterocycles. The van der Waals surface area contributed by atoms with Gasteiger partial charge < -0.3 is 14.6 Å². The fourth-order valence-electron chi connectivity index (χ4n) is 2.50. The van der Waals surface area contributed by atoms with Crippen LogP contribution in [-0.2, 0) is 0 Å². The van der Waals surface area contributed by atoms with E-state index < -0.39 is 0 Å². The third-order valence-corrected chi connectivity index (χ3v) is 3.62. The second-order valence-corrected chi connectivity index (χ2v) is 5.10. The fourth-order valence-corrected chi connectivity index (χ4v) is 2.50. The first kappa shape index (κ1) is 14.1. The normalized spacial score (nSPS) is 10.7. The molecule has 0 fully saturated rings. The third kappa shape index (κ3) is 2.41. The van der Waals surface area contributed by atoms with E-state index >= 15 is 0 Å². The summed E-state index contributed by atoms with van der Waals surface area (Å²) in [4.78, 5) is 21.2. The van der Waals surface area contributed by atoms with Crippen molar-refractivity contribution in [3.63, 3.8) is 0 Å².